The number of sulfonamides is 1. The van der Waals surface area contributed by atoms with Crippen molar-refractivity contribution in [2.45, 2.75) is 24.7 Å². The van der Waals surface area contributed by atoms with E-state index in [0.29, 0.717) is 40.1 Å². The highest BCUT2D eigenvalue weighted by atomic mass is 32.2. The van der Waals surface area contributed by atoms with Gasteiger partial charge in [-0.1, -0.05) is 17.4 Å². The van der Waals surface area contributed by atoms with Crippen molar-refractivity contribution in [1.82, 2.24) is 14.3 Å². The Morgan fingerprint density at radius 1 is 1.19 bits per heavy atom. The second kappa shape index (κ2) is 7.83. The average Bonchev–Trinajstić information content (AvgIpc) is 3.52. The van der Waals surface area contributed by atoms with Crippen LogP contribution in [0.4, 0.5) is 5.13 Å². The average molecular weight is 475 g/mol. The molecule has 0 unspecified atom stereocenters. The molecule has 5 rings (SSSR count). The van der Waals surface area contributed by atoms with Crippen LogP contribution in [-0.4, -0.2) is 41.7 Å². The molecule has 0 saturated carbocycles. The van der Waals surface area contributed by atoms with Gasteiger partial charge in [-0.15, -0.1) is 11.3 Å². The van der Waals surface area contributed by atoms with Crippen LogP contribution in [0.1, 0.15) is 29.1 Å². The lowest BCUT2D eigenvalue weighted by Gasteiger charge is -2.15. The summed E-state index contributed by atoms with van der Waals surface area (Å²) in [5.41, 5.74) is 0.816. The zero-order valence-electron chi connectivity index (χ0n) is 16.5. The third-order valence-electron chi connectivity index (χ3n) is 5.03. The monoisotopic (exact) mass is 474 g/mol. The lowest BCUT2D eigenvalue weighted by molar-refractivity contribution is 0.102. The third kappa shape index (κ3) is 3.78. The molecular formula is C20H18N4O4S3. The van der Waals surface area contributed by atoms with E-state index in [9.17, 15) is 13.2 Å². The molecule has 4 heterocycles. The first kappa shape index (κ1) is 20.3. The standard InChI is InChI=1S/C20H18N4O4S3/c1-12-17(22-19(28-12)15-5-4-10-29-15)18(25)23-20-21-14-7-6-13(11-16(14)30-20)31(26,27)24-8-2-3-9-24/h4-7,10-11H,2-3,8-9H2,1H3,(H,21,23,25). The van der Waals surface area contributed by atoms with Crippen molar-refractivity contribution in [3.05, 3.63) is 47.2 Å². The van der Waals surface area contributed by atoms with Gasteiger partial charge in [0.15, 0.2) is 10.8 Å². The number of oxazole rings is 1. The first-order valence-electron chi connectivity index (χ1n) is 9.65. The Morgan fingerprint density at radius 3 is 2.74 bits per heavy atom. The molecule has 4 aromatic rings. The summed E-state index contributed by atoms with van der Waals surface area (Å²) in [7, 11) is -3.51. The van der Waals surface area contributed by atoms with Gasteiger partial charge in [0.05, 0.1) is 20.0 Å². The lowest BCUT2D eigenvalue weighted by Crippen LogP contribution is -2.27. The fourth-order valence-electron chi connectivity index (χ4n) is 3.47. The fourth-order valence-corrected chi connectivity index (χ4v) is 6.63. The first-order chi connectivity index (χ1) is 14.9. The Kier molecular flexibility index (Phi) is 5.13. The molecule has 11 heteroatoms. The fraction of sp³-hybridized carbons (Fsp3) is 0.250. The Bertz CT molecular complexity index is 1370. The lowest BCUT2D eigenvalue weighted by atomic mass is 10.3. The van der Waals surface area contributed by atoms with E-state index >= 15 is 0 Å². The number of hydrogen-bond acceptors (Lipinski definition) is 8. The largest absolute Gasteiger partial charge is 0.440 e. The quantitative estimate of drug-likeness (QED) is 0.461. The molecule has 8 nitrogen and oxygen atoms in total. The molecule has 1 fully saturated rings. The van der Waals surface area contributed by atoms with Gasteiger partial charge in [-0.05, 0) is 49.4 Å². The molecule has 1 aromatic carbocycles. The number of hydrogen-bond donors (Lipinski definition) is 1. The number of carbonyl (C=O) groups excluding carboxylic acids is 1. The summed E-state index contributed by atoms with van der Waals surface area (Å²) in [5.74, 6) is 0.396. The number of carbonyl (C=O) groups is 1. The molecule has 0 atom stereocenters. The Labute approximate surface area is 186 Å². The summed E-state index contributed by atoms with van der Waals surface area (Å²) >= 11 is 2.70. The van der Waals surface area contributed by atoms with Crippen LogP contribution in [0, 0.1) is 6.92 Å². The molecule has 3 aromatic heterocycles. The Hall–Kier alpha value is -2.60. The summed E-state index contributed by atoms with van der Waals surface area (Å²) < 4.78 is 33.4. The predicted molar refractivity (Wildman–Crippen MR) is 120 cm³/mol. The summed E-state index contributed by atoms with van der Waals surface area (Å²) in [6.45, 7) is 2.79. The van der Waals surface area contributed by atoms with E-state index in [-0.39, 0.29) is 10.6 Å². The maximum atomic E-state index is 12.8. The molecular weight excluding hydrogens is 456 g/mol. The maximum absolute atomic E-state index is 12.8. The minimum Gasteiger partial charge on any atom is -0.440 e. The van der Waals surface area contributed by atoms with Crippen LogP contribution in [0.3, 0.4) is 0 Å². The van der Waals surface area contributed by atoms with Crippen LogP contribution >= 0.6 is 22.7 Å². The molecule has 1 aliphatic heterocycles. The van der Waals surface area contributed by atoms with Crippen molar-refractivity contribution in [2.75, 3.05) is 18.4 Å². The first-order valence-corrected chi connectivity index (χ1v) is 12.8. The predicted octanol–water partition coefficient (Wildman–Crippen LogP) is 4.36. The van der Waals surface area contributed by atoms with Gasteiger partial charge in [0.25, 0.3) is 5.91 Å². The molecule has 0 spiro atoms. The van der Waals surface area contributed by atoms with Gasteiger partial charge < -0.3 is 4.42 Å². The number of amides is 1. The van der Waals surface area contributed by atoms with Crippen molar-refractivity contribution in [2.24, 2.45) is 0 Å². The van der Waals surface area contributed by atoms with Crippen LogP contribution in [0.2, 0.25) is 0 Å². The van der Waals surface area contributed by atoms with Gasteiger partial charge in [0, 0.05) is 13.1 Å². The highest BCUT2D eigenvalue weighted by Gasteiger charge is 2.27. The van der Waals surface area contributed by atoms with Crippen LogP contribution in [-0.2, 0) is 10.0 Å². The SMILES string of the molecule is Cc1oc(-c2cccs2)nc1C(=O)Nc1nc2ccc(S(=O)(=O)N3CCCC3)cc2s1. The second-order valence-electron chi connectivity index (χ2n) is 7.11. The Morgan fingerprint density at radius 2 is 2.00 bits per heavy atom. The molecule has 0 aliphatic carbocycles. The minimum absolute atomic E-state index is 0.194. The number of thiazole rings is 1. The highest BCUT2D eigenvalue weighted by molar-refractivity contribution is 7.89. The van der Waals surface area contributed by atoms with E-state index in [4.69, 9.17) is 4.42 Å². The number of nitrogens with one attached hydrogen (secondary N) is 1. The van der Waals surface area contributed by atoms with Gasteiger partial charge in [-0.3, -0.25) is 10.1 Å². The summed E-state index contributed by atoms with van der Waals surface area (Å²) in [6, 6.07) is 8.61. The molecule has 0 radical (unpaired) electrons. The second-order valence-corrected chi connectivity index (χ2v) is 11.0. The summed E-state index contributed by atoms with van der Waals surface area (Å²) in [4.78, 5) is 22.5. The van der Waals surface area contributed by atoms with Crippen molar-refractivity contribution in [3.63, 3.8) is 0 Å². The summed E-state index contributed by atoms with van der Waals surface area (Å²) in [5, 5.41) is 5.03. The van der Waals surface area contributed by atoms with Gasteiger partial charge in [-0.2, -0.15) is 4.31 Å². The van der Waals surface area contributed by atoms with Crippen molar-refractivity contribution < 1.29 is 17.6 Å². The van der Waals surface area contributed by atoms with Crippen LogP contribution in [0.25, 0.3) is 21.0 Å². The topological polar surface area (TPSA) is 105 Å². The number of aryl methyl sites for hydroxylation is 1. The zero-order chi connectivity index (χ0) is 21.6. The number of benzene rings is 1. The molecule has 1 aliphatic rings. The molecule has 0 bridgehead atoms. The summed E-state index contributed by atoms with van der Waals surface area (Å²) in [6.07, 6.45) is 1.77. The van der Waals surface area contributed by atoms with Gasteiger partial charge >= 0.3 is 0 Å². The molecule has 160 valence electrons. The normalized spacial score (nSPS) is 15.0. The van der Waals surface area contributed by atoms with E-state index in [0.717, 1.165) is 17.7 Å². The van der Waals surface area contributed by atoms with Crippen molar-refractivity contribution >= 4 is 54.0 Å². The van der Waals surface area contributed by atoms with Crippen molar-refractivity contribution in [1.29, 1.82) is 0 Å². The third-order valence-corrected chi connectivity index (χ3v) is 8.71. The smallest absolute Gasteiger partial charge is 0.279 e. The molecule has 1 N–H and O–H groups in total. The van der Waals surface area contributed by atoms with E-state index in [1.54, 1.807) is 25.1 Å². The molecule has 1 saturated heterocycles. The van der Waals surface area contributed by atoms with E-state index in [1.165, 1.54) is 27.0 Å². The van der Waals surface area contributed by atoms with E-state index in [2.05, 4.69) is 15.3 Å². The van der Waals surface area contributed by atoms with Gasteiger partial charge in [0.1, 0.15) is 5.76 Å². The van der Waals surface area contributed by atoms with E-state index in [1.807, 2.05) is 17.5 Å². The number of nitrogens with zero attached hydrogens (tertiary/aromatic N) is 3. The number of rotatable bonds is 5. The highest BCUT2D eigenvalue weighted by Crippen LogP contribution is 2.31. The number of fused-ring (bicyclic) bond motifs is 1. The van der Waals surface area contributed by atoms with Gasteiger partial charge in [0.2, 0.25) is 15.9 Å². The number of thiophene rings is 1. The number of aromatic nitrogens is 2. The number of anilines is 1. The van der Waals surface area contributed by atoms with Crippen LogP contribution in [0.5, 0.6) is 0 Å². The van der Waals surface area contributed by atoms with Crippen molar-refractivity contribution in [3.8, 4) is 10.8 Å². The van der Waals surface area contributed by atoms with Crippen LogP contribution in [0.15, 0.2) is 45.0 Å². The Balaban J connectivity index is 1.39. The van der Waals surface area contributed by atoms with Crippen LogP contribution < -0.4 is 5.32 Å². The van der Waals surface area contributed by atoms with Gasteiger partial charge in [-0.25, -0.2) is 18.4 Å². The molecule has 1 amide bonds. The minimum atomic E-state index is -3.51. The zero-order valence-corrected chi connectivity index (χ0v) is 18.9. The maximum Gasteiger partial charge on any atom is 0.279 e. The van der Waals surface area contributed by atoms with E-state index < -0.39 is 15.9 Å². The molecule has 31 heavy (non-hydrogen) atoms.